The summed E-state index contributed by atoms with van der Waals surface area (Å²) in [6.45, 7) is 4.54. The zero-order valence-electron chi connectivity index (χ0n) is 9.83. The van der Waals surface area contributed by atoms with E-state index in [1.54, 1.807) is 0 Å². The summed E-state index contributed by atoms with van der Waals surface area (Å²) in [6, 6.07) is 0. The number of thiazole rings is 1. The van der Waals surface area contributed by atoms with Gasteiger partial charge in [0, 0.05) is 17.0 Å². The fourth-order valence-corrected chi connectivity index (χ4v) is 3.52. The van der Waals surface area contributed by atoms with E-state index in [0.29, 0.717) is 0 Å². The van der Waals surface area contributed by atoms with Crippen LogP contribution >= 0.6 is 11.3 Å². The van der Waals surface area contributed by atoms with Crippen molar-refractivity contribution in [2.45, 2.75) is 58.3 Å². The Kier molecular flexibility index (Phi) is 3.79. The number of rotatable bonds is 3. The zero-order valence-corrected chi connectivity index (χ0v) is 10.6. The Balaban J connectivity index is 1.95. The highest BCUT2D eigenvalue weighted by atomic mass is 32.1. The van der Waals surface area contributed by atoms with Gasteiger partial charge in [-0.15, -0.1) is 11.3 Å². The Morgan fingerprint density at radius 2 is 2.00 bits per heavy atom. The predicted octanol–water partition coefficient (Wildman–Crippen LogP) is 4.39. The highest BCUT2D eigenvalue weighted by Gasteiger charge is 2.23. The molecule has 0 bridgehead atoms. The normalized spacial score (nSPS) is 26.8. The lowest BCUT2D eigenvalue weighted by atomic mass is 9.81. The third-order valence-electron chi connectivity index (χ3n) is 3.69. The Morgan fingerprint density at radius 1 is 1.27 bits per heavy atom. The molecule has 15 heavy (non-hydrogen) atoms. The summed E-state index contributed by atoms with van der Waals surface area (Å²) in [4.78, 5) is 6.03. The van der Waals surface area contributed by atoms with Gasteiger partial charge in [-0.1, -0.05) is 20.3 Å². The van der Waals surface area contributed by atoms with Crippen molar-refractivity contribution in [1.29, 1.82) is 0 Å². The largest absolute Gasteiger partial charge is 0.249 e. The van der Waals surface area contributed by atoms with Crippen molar-refractivity contribution in [3.63, 3.8) is 0 Å². The average molecular weight is 223 g/mol. The summed E-state index contributed by atoms with van der Waals surface area (Å²) in [7, 11) is 0. The van der Waals surface area contributed by atoms with Gasteiger partial charge < -0.3 is 0 Å². The van der Waals surface area contributed by atoms with Gasteiger partial charge in [0.1, 0.15) is 0 Å². The van der Waals surface area contributed by atoms with Gasteiger partial charge in [0.15, 0.2) is 0 Å². The summed E-state index contributed by atoms with van der Waals surface area (Å²) in [5.41, 5.74) is 0. The molecule has 0 saturated heterocycles. The molecule has 0 atom stereocenters. The lowest BCUT2D eigenvalue weighted by Gasteiger charge is -2.26. The van der Waals surface area contributed by atoms with Crippen molar-refractivity contribution in [1.82, 2.24) is 4.98 Å². The molecule has 0 aromatic carbocycles. The van der Waals surface area contributed by atoms with Crippen LogP contribution in [0.3, 0.4) is 0 Å². The number of hydrogen-bond donors (Lipinski definition) is 0. The van der Waals surface area contributed by atoms with Crippen LogP contribution in [0.25, 0.3) is 0 Å². The van der Waals surface area contributed by atoms with Gasteiger partial charge in [0.25, 0.3) is 0 Å². The molecule has 1 aliphatic carbocycles. The number of nitrogens with zero attached hydrogens (tertiary/aromatic N) is 1. The van der Waals surface area contributed by atoms with Crippen LogP contribution in [0.1, 0.15) is 61.8 Å². The molecular formula is C13H21NS. The lowest BCUT2D eigenvalue weighted by Crippen LogP contribution is -2.12. The van der Waals surface area contributed by atoms with Crippen LogP contribution < -0.4 is 0 Å². The molecule has 1 saturated carbocycles. The van der Waals surface area contributed by atoms with E-state index in [-0.39, 0.29) is 0 Å². The summed E-state index contributed by atoms with van der Waals surface area (Å²) < 4.78 is 0. The lowest BCUT2D eigenvalue weighted by molar-refractivity contribution is 0.318. The minimum Gasteiger partial charge on any atom is -0.249 e. The van der Waals surface area contributed by atoms with Crippen molar-refractivity contribution in [2.24, 2.45) is 5.92 Å². The van der Waals surface area contributed by atoms with Crippen molar-refractivity contribution in [3.8, 4) is 0 Å². The van der Waals surface area contributed by atoms with Crippen LogP contribution in [0, 0.1) is 5.92 Å². The number of hydrogen-bond acceptors (Lipinski definition) is 2. The number of aromatic nitrogens is 1. The summed E-state index contributed by atoms with van der Waals surface area (Å²) >= 11 is 1.94. The standard InChI is InChI=1S/C13H21NS/c1-3-10-5-7-11(8-6-10)13-14-9-12(4-2)15-13/h9-11H,3-8H2,1-2H3. The Bertz CT molecular complexity index is 297. The van der Waals surface area contributed by atoms with Crippen LogP contribution in [0.4, 0.5) is 0 Å². The Hall–Kier alpha value is -0.370. The van der Waals surface area contributed by atoms with E-state index in [1.807, 2.05) is 11.3 Å². The molecule has 0 spiro atoms. The van der Waals surface area contributed by atoms with Crippen LogP contribution in [0.2, 0.25) is 0 Å². The van der Waals surface area contributed by atoms with E-state index in [4.69, 9.17) is 0 Å². The molecule has 0 amide bonds. The van der Waals surface area contributed by atoms with Crippen LogP contribution in [-0.4, -0.2) is 4.98 Å². The third kappa shape index (κ3) is 2.60. The van der Waals surface area contributed by atoms with Gasteiger partial charge in [-0.05, 0) is 38.0 Å². The fraction of sp³-hybridized carbons (Fsp3) is 0.769. The van der Waals surface area contributed by atoms with E-state index in [9.17, 15) is 0 Å². The topological polar surface area (TPSA) is 12.9 Å². The van der Waals surface area contributed by atoms with Gasteiger partial charge in [-0.25, -0.2) is 4.98 Å². The monoisotopic (exact) mass is 223 g/mol. The first-order valence-corrected chi connectivity index (χ1v) is 7.09. The van der Waals surface area contributed by atoms with E-state index in [1.165, 1.54) is 42.0 Å². The molecule has 1 aromatic heterocycles. The van der Waals surface area contributed by atoms with Crippen LogP contribution in [0.5, 0.6) is 0 Å². The van der Waals surface area contributed by atoms with Crippen molar-refractivity contribution >= 4 is 11.3 Å². The Morgan fingerprint density at radius 3 is 2.53 bits per heavy atom. The average Bonchev–Trinajstić information content (AvgIpc) is 2.78. The van der Waals surface area contributed by atoms with Gasteiger partial charge in [-0.2, -0.15) is 0 Å². The molecular weight excluding hydrogens is 202 g/mol. The molecule has 1 fully saturated rings. The highest BCUT2D eigenvalue weighted by Crippen LogP contribution is 2.38. The SMILES string of the molecule is CCc1cnc(C2CCC(CC)CC2)s1. The maximum Gasteiger partial charge on any atom is 0.0958 e. The molecule has 1 nitrogen and oxygen atoms in total. The zero-order chi connectivity index (χ0) is 10.7. The van der Waals surface area contributed by atoms with E-state index >= 15 is 0 Å². The summed E-state index contributed by atoms with van der Waals surface area (Å²) in [6.07, 6.45) is 10.2. The second kappa shape index (κ2) is 5.11. The first-order chi connectivity index (χ1) is 7.33. The minimum absolute atomic E-state index is 0.776. The van der Waals surface area contributed by atoms with E-state index < -0.39 is 0 Å². The third-order valence-corrected chi connectivity index (χ3v) is 5.00. The predicted molar refractivity (Wildman–Crippen MR) is 66.5 cm³/mol. The van der Waals surface area contributed by atoms with Gasteiger partial charge in [0.05, 0.1) is 5.01 Å². The van der Waals surface area contributed by atoms with Gasteiger partial charge >= 0.3 is 0 Å². The van der Waals surface area contributed by atoms with Gasteiger partial charge in [0.2, 0.25) is 0 Å². The molecule has 1 aliphatic rings. The maximum atomic E-state index is 4.58. The highest BCUT2D eigenvalue weighted by molar-refractivity contribution is 7.11. The Labute approximate surface area is 96.9 Å². The molecule has 0 N–H and O–H groups in total. The second-order valence-corrected chi connectivity index (χ2v) is 5.79. The van der Waals surface area contributed by atoms with Gasteiger partial charge in [-0.3, -0.25) is 0 Å². The van der Waals surface area contributed by atoms with Crippen molar-refractivity contribution < 1.29 is 0 Å². The van der Waals surface area contributed by atoms with Crippen LogP contribution in [-0.2, 0) is 6.42 Å². The molecule has 1 aromatic rings. The molecule has 2 heteroatoms. The number of aryl methyl sites for hydroxylation is 1. The second-order valence-electron chi connectivity index (χ2n) is 4.64. The summed E-state index contributed by atoms with van der Waals surface area (Å²) in [5, 5.41) is 1.40. The first-order valence-electron chi connectivity index (χ1n) is 6.28. The van der Waals surface area contributed by atoms with Crippen LogP contribution in [0.15, 0.2) is 6.20 Å². The van der Waals surface area contributed by atoms with Crippen molar-refractivity contribution in [3.05, 3.63) is 16.1 Å². The molecule has 2 rings (SSSR count). The smallest absolute Gasteiger partial charge is 0.0958 e. The fourth-order valence-electron chi connectivity index (χ4n) is 2.49. The van der Waals surface area contributed by atoms with E-state index in [0.717, 1.165) is 18.3 Å². The first kappa shape index (κ1) is 11.1. The van der Waals surface area contributed by atoms with Crippen molar-refractivity contribution in [2.75, 3.05) is 0 Å². The summed E-state index contributed by atoms with van der Waals surface area (Å²) in [5.74, 6) is 1.77. The molecule has 0 unspecified atom stereocenters. The van der Waals surface area contributed by atoms with E-state index in [2.05, 4.69) is 25.0 Å². The molecule has 84 valence electrons. The molecule has 0 radical (unpaired) electrons. The molecule has 0 aliphatic heterocycles. The molecule has 1 heterocycles. The quantitative estimate of drug-likeness (QED) is 0.740. The maximum absolute atomic E-state index is 4.58. The minimum atomic E-state index is 0.776.